The van der Waals surface area contributed by atoms with Crippen LogP contribution in [0.5, 0.6) is 0 Å². The molecule has 0 aliphatic rings. The van der Waals surface area contributed by atoms with Crippen molar-refractivity contribution in [1.82, 2.24) is 4.90 Å². The molecule has 0 fully saturated rings. The van der Waals surface area contributed by atoms with E-state index in [4.69, 9.17) is 0 Å². The van der Waals surface area contributed by atoms with E-state index in [-0.39, 0.29) is 5.78 Å². The smallest absolute Gasteiger partial charge is 0.164 e. The number of halogens is 2. The van der Waals surface area contributed by atoms with Gasteiger partial charge in [0, 0.05) is 29.5 Å². The van der Waals surface area contributed by atoms with E-state index in [1.807, 2.05) is 31.3 Å². The number of hydrogen-bond donors (Lipinski definition) is 0. The number of carbonyl (C=O) groups is 1. The molecule has 1 aromatic heterocycles. The zero-order chi connectivity index (χ0) is 14.5. The zero-order valence-corrected chi connectivity index (χ0v) is 15.1. The summed E-state index contributed by atoms with van der Waals surface area (Å²) in [7, 11) is 2.04. The van der Waals surface area contributed by atoms with E-state index < -0.39 is 0 Å². The molecule has 0 saturated heterocycles. The molecule has 0 saturated carbocycles. The predicted octanol–water partition coefficient (Wildman–Crippen LogP) is 4.98. The van der Waals surface area contributed by atoms with Crippen molar-refractivity contribution >= 4 is 49.0 Å². The fraction of sp³-hybridized carbons (Fsp3) is 0.267. The highest BCUT2D eigenvalue weighted by molar-refractivity contribution is 9.11. The minimum Gasteiger partial charge on any atom is -0.302 e. The van der Waals surface area contributed by atoms with Crippen molar-refractivity contribution in [1.29, 1.82) is 0 Å². The monoisotopic (exact) mass is 415 g/mol. The number of benzene rings is 1. The summed E-state index contributed by atoms with van der Waals surface area (Å²) in [6.07, 6.45) is 0.545. The molecule has 2 nitrogen and oxygen atoms in total. The Kier molecular flexibility index (Phi) is 5.96. The highest BCUT2D eigenvalue weighted by atomic mass is 79.9. The molecule has 2 rings (SSSR count). The number of Topliss-reactive ketones (excluding diaryl/α,β-unsaturated/α-hetero) is 1. The molecular weight excluding hydrogens is 402 g/mol. The van der Waals surface area contributed by atoms with Gasteiger partial charge in [0.2, 0.25) is 0 Å². The van der Waals surface area contributed by atoms with Crippen molar-refractivity contribution in [3.05, 3.63) is 55.1 Å². The molecule has 0 spiro atoms. The lowest BCUT2D eigenvalue weighted by Crippen LogP contribution is -2.21. The molecule has 0 atom stereocenters. The van der Waals surface area contributed by atoms with Crippen LogP contribution >= 0.6 is 43.2 Å². The van der Waals surface area contributed by atoms with Gasteiger partial charge < -0.3 is 4.90 Å². The quantitative estimate of drug-likeness (QED) is 0.619. The van der Waals surface area contributed by atoms with Crippen molar-refractivity contribution in [2.75, 3.05) is 13.6 Å². The molecule has 1 aromatic carbocycles. The highest BCUT2D eigenvalue weighted by Gasteiger charge is 2.08. The van der Waals surface area contributed by atoms with Crippen LogP contribution < -0.4 is 0 Å². The second-order valence-electron chi connectivity index (χ2n) is 4.68. The van der Waals surface area contributed by atoms with Crippen molar-refractivity contribution in [3.63, 3.8) is 0 Å². The Labute approximate surface area is 140 Å². The van der Waals surface area contributed by atoms with Crippen molar-refractivity contribution in [3.8, 4) is 0 Å². The number of rotatable bonds is 6. The molecular formula is C15H15Br2NOS. The third kappa shape index (κ3) is 4.81. The van der Waals surface area contributed by atoms with Crippen LogP contribution in [0.3, 0.4) is 0 Å². The summed E-state index contributed by atoms with van der Waals surface area (Å²) in [5.41, 5.74) is 2.06. The first kappa shape index (κ1) is 15.9. The second-order valence-corrected chi connectivity index (χ2v) is 7.88. The minimum atomic E-state index is 0.191. The van der Waals surface area contributed by atoms with Crippen LogP contribution in [0.4, 0.5) is 0 Å². The first-order valence-electron chi connectivity index (χ1n) is 6.25. The molecule has 106 valence electrons. The van der Waals surface area contributed by atoms with Crippen molar-refractivity contribution in [2.24, 2.45) is 0 Å². The number of ketones is 1. The van der Waals surface area contributed by atoms with Gasteiger partial charge in [-0.3, -0.25) is 4.79 Å². The molecule has 0 N–H and O–H groups in total. The van der Waals surface area contributed by atoms with Gasteiger partial charge in [0.15, 0.2) is 5.78 Å². The topological polar surface area (TPSA) is 20.3 Å². The van der Waals surface area contributed by atoms with E-state index in [0.29, 0.717) is 6.42 Å². The molecule has 0 aliphatic carbocycles. The van der Waals surface area contributed by atoms with Crippen LogP contribution in [0.25, 0.3) is 0 Å². The standard InChI is InChI=1S/C15H15Br2NOS/c1-18(9-11-8-15(17)20-10-11)7-6-14(19)12-2-4-13(16)5-3-12/h2-5,8,10H,6-7,9H2,1H3. The third-order valence-corrected chi connectivity index (χ3v) is 5.04. The number of nitrogens with zero attached hydrogens (tertiary/aromatic N) is 1. The lowest BCUT2D eigenvalue weighted by Gasteiger charge is -2.15. The second kappa shape index (κ2) is 7.50. The summed E-state index contributed by atoms with van der Waals surface area (Å²) in [5.74, 6) is 0.191. The normalized spacial score (nSPS) is 11.0. The fourth-order valence-corrected chi connectivity index (χ4v) is 3.36. The Morgan fingerprint density at radius 1 is 1.25 bits per heavy atom. The van der Waals surface area contributed by atoms with Gasteiger partial charge in [0.25, 0.3) is 0 Å². The number of thiophene rings is 1. The molecule has 5 heteroatoms. The van der Waals surface area contributed by atoms with Crippen LogP contribution in [0, 0.1) is 0 Å². The van der Waals surface area contributed by atoms with Gasteiger partial charge in [-0.1, -0.05) is 28.1 Å². The summed E-state index contributed by atoms with van der Waals surface area (Å²) in [4.78, 5) is 14.2. The summed E-state index contributed by atoms with van der Waals surface area (Å²) in [6.45, 7) is 1.64. The molecule has 20 heavy (non-hydrogen) atoms. The average molecular weight is 417 g/mol. The largest absolute Gasteiger partial charge is 0.302 e. The SMILES string of the molecule is CN(CCC(=O)c1ccc(Br)cc1)Cc1csc(Br)c1. The fourth-order valence-electron chi connectivity index (χ4n) is 1.89. The Morgan fingerprint density at radius 3 is 2.55 bits per heavy atom. The molecule has 0 bridgehead atoms. The van der Waals surface area contributed by atoms with Gasteiger partial charge in [0.05, 0.1) is 3.79 Å². The first-order valence-corrected chi connectivity index (χ1v) is 8.71. The van der Waals surface area contributed by atoms with Gasteiger partial charge in [0.1, 0.15) is 0 Å². The van der Waals surface area contributed by atoms with Gasteiger partial charge in [-0.25, -0.2) is 0 Å². The van der Waals surface area contributed by atoms with Gasteiger partial charge in [-0.05, 0) is 52.1 Å². The van der Waals surface area contributed by atoms with Crippen LogP contribution in [-0.4, -0.2) is 24.3 Å². The molecule has 1 heterocycles. The van der Waals surface area contributed by atoms with Crippen LogP contribution in [0.15, 0.2) is 44.0 Å². The maximum absolute atomic E-state index is 12.1. The van der Waals surface area contributed by atoms with Crippen LogP contribution in [0.2, 0.25) is 0 Å². The highest BCUT2D eigenvalue weighted by Crippen LogP contribution is 2.21. The van der Waals surface area contributed by atoms with Gasteiger partial charge in [-0.15, -0.1) is 11.3 Å². The maximum atomic E-state index is 12.1. The minimum absolute atomic E-state index is 0.191. The van der Waals surface area contributed by atoms with Gasteiger partial charge >= 0.3 is 0 Å². The van der Waals surface area contributed by atoms with E-state index in [2.05, 4.69) is 48.2 Å². The number of hydrogen-bond acceptors (Lipinski definition) is 3. The van der Waals surface area contributed by atoms with E-state index in [9.17, 15) is 4.79 Å². The molecule has 0 aliphatic heterocycles. The van der Waals surface area contributed by atoms with Crippen LogP contribution in [-0.2, 0) is 6.54 Å². The lowest BCUT2D eigenvalue weighted by molar-refractivity contribution is 0.0968. The zero-order valence-electron chi connectivity index (χ0n) is 11.1. The average Bonchev–Trinajstić information content (AvgIpc) is 2.82. The Hall–Kier alpha value is -0.490. The van der Waals surface area contributed by atoms with E-state index in [1.165, 1.54) is 5.56 Å². The predicted molar refractivity (Wildman–Crippen MR) is 91.4 cm³/mol. The molecule has 0 unspecified atom stereocenters. The van der Waals surface area contributed by atoms with E-state index in [0.717, 1.165) is 26.9 Å². The Morgan fingerprint density at radius 2 is 1.95 bits per heavy atom. The van der Waals surface area contributed by atoms with Crippen LogP contribution in [0.1, 0.15) is 22.3 Å². The van der Waals surface area contributed by atoms with E-state index in [1.54, 1.807) is 11.3 Å². The van der Waals surface area contributed by atoms with Gasteiger partial charge in [-0.2, -0.15) is 0 Å². The molecule has 2 aromatic rings. The summed E-state index contributed by atoms with van der Waals surface area (Å²) >= 11 is 8.52. The summed E-state index contributed by atoms with van der Waals surface area (Å²) in [6, 6.07) is 9.65. The van der Waals surface area contributed by atoms with E-state index >= 15 is 0 Å². The maximum Gasteiger partial charge on any atom is 0.164 e. The molecule has 0 radical (unpaired) electrons. The summed E-state index contributed by atoms with van der Waals surface area (Å²) < 4.78 is 2.14. The third-order valence-electron chi connectivity index (χ3n) is 2.96. The lowest BCUT2D eigenvalue weighted by atomic mass is 10.1. The Balaban J connectivity index is 1.82. The van der Waals surface area contributed by atoms with Crippen molar-refractivity contribution < 1.29 is 4.79 Å². The first-order chi connectivity index (χ1) is 9.54. The Bertz CT molecular complexity index is 580. The molecule has 0 amide bonds. The number of carbonyl (C=O) groups excluding carboxylic acids is 1. The van der Waals surface area contributed by atoms with Crippen molar-refractivity contribution in [2.45, 2.75) is 13.0 Å². The summed E-state index contributed by atoms with van der Waals surface area (Å²) in [5, 5.41) is 2.14.